The fourth-order valence-electron chi connectivity index (χ4n) is 1.20. The predicted octanol–water partition coefficient (Wildman–Crippen LogP) is 1.19. The van der Waals surface area contributed by atoms with Crippen LogP contribution in [0, 0.1) is 0 Å². The van der Waals surface area contributed by atoms with Crippen molar-refractivity contribution in [2.24, 2.45) is 0 Å². The van der Waals surface area contributed by atoms with E-state index in [-0.39, 0.29) is 12.1 Å². The van der Waals surface area contributed by atoms with E-state index in [4.69, 9.17) is 4.74 Å². The summed E-state index contributed by atoms with van der Waals surface area (Å²) in [5.74, 6) is -0.219. The van der Waals surface area contributed by atoms with E-state index < -0.39 is 6.10 Å². The molecule has 0 spiro atoms. The van der Waals surface area contributed by atoms with E-state index >= 15 is 0 Å². The Bertz CT molecular complexity index is 230. The number of carbonyl (C=O) groups excluding carboxylic acids is 1. The molecular weight excluding hydrogens is 168 g/mol. The summed E-state index contributed by atoms with van der Waals surface area (Å²) < 4.78 is 4.89. The van der Waals surface area contributed by atoms with Crippen LogP contribution in [0.1, 0.15) is 19.8 Å². The molecule has 72 valence electrons. The van der Waals surface area contributed by atoms with Crippen LogP contribution in [0.5, 0.6) is 0 Å². The van der Waals surface area contributed by atoms with Crippen molar-refractivity contribution in [3.05, 3.63) is 24.3 Å². The van der Waals surface area contributed by atoms with Crippen molar-refractivity contribution >= 4 is 5.97 Å². The Morgan fingerprint density at radius 1 is 1.62 bits per heavy atom. The number of ether oxygens (including phenoxy) is 1. The van der Waals surface area contributed by atoms with Crippen LogP contribution in [-0.2, 0) is 9.53 Å². The van der Waals surface area contributed by atoms with E-state index in [9.17, 15) is 9.90 Å². The van der Waals surface area contributed by atoms with Crippen LogP contribution >= 0.6 is 0 Å². The number of carbonyl (C=O) groups is 1. The van der Waals surface area contributed by atoms with Gasteiger partial charge in [-0.3, -0.25) is 4.79 Å². The second kappa shape index (κ2) is 4.82. The van der Waals surface area contributed by atoms with Crippen molar-refractivity contribution < 1.29 is 14.6 Å². The minimum atomic E-state index is -0.678. The largest absolute Gasteiger partial charge is 0.459 e. The summed E-state index contributed by atoms with van der Waals surface area (Å²) in [5, 5.41) is 9.50. The quantitative estimate of drug-likeness (QED) is 0.526. The summed E-state index contributed by atoms with van der Waals surface area (Å²) in [6.07, 6.45) is 7.06. The Kier molecular flexibility index (Phi) is 3.71. The highest BCUT2D eigenvalue weighted by atomic mass is 16.6. The van der Waals surface area contributed by atoms with E-state index in [0.717, 1.165) is 0 Å². The molecule has 1 aliphatic heterocycles. The van der Waals surface area contributed by atoms with Gasteiger partial charge < -0.3 is 9.84 Å². The van der Waals surface area contributed by atoms with Crippen LogP contribution in [0.3, 0.4) is 0 Å². The minimum absolute atomic E-state index is 0.219. The molecule has 0 aromatic heterocycles. The third-order valence-electron chi connectivity index (χ3n) is 1.91. The highest BCUT2D eigenvalue weighted by Crippen LogP contribution is 2.17. The summed E-state index contributed by atoms with van der Waals surface area (Å²) in [5.41, 5.74) is 0. The zero-order valence-electron chi connectivity index (χ0n) is 7.64. The molecule has 2 atom stereocenters. The lowest BCUT2D eigenvalue weighted by molar-refractivity contribution is -0.144. The Morgan fingerprint density at radius 2 is 2.38 bits per heavy atom. The van der Waals surface area contributed by atoms with Gasteiger partial charge in [-0.15, -0.1) is 0 Å². The van der Waals surface area contributed by atoms with Crippen molar-refractivity contribution in [1.29, 1.82) is 0 Å². The second-order valence-electron chi connectivity index (χ2n) is 2.97. The first-order valence-electron chi connectivity index (χ1n) is 4.41. The Hall–Kier alpha value is -1.09. The Morgan fingerprint density at radius 3 is 2.92 bits per heavy atom. The van der Waals surface area contributed by atoms with E-state index in [1.807, 2.05) is 19.1 Å². The van der Waals surface area contributed by atoms with Crippen LogP contribution in [0.15, 0.2) is 24.3 Å². The predicted molar refractivity (Wildman–Crippen MR) is 49.1 cm³/mol. The fraction of sp³-hybridized carbons (Fsp3) is 0.500. The zero-order valence-corrected chi connectivity index (χ0v) is 7.64. The standard InChI is InChI=1S/C10H14O3/c1-2-3-4-5-8(11)9-6-7-10(12)13-9/h2-5,8-9,11H,6-7H2,1H3/b3-2+,5-4+/t8-,9+/m0/s1. The van der Waals surface area contributed by atoms with Crippen LogP contribution in [0.4, 0.5) is 0 Å². The molecule has 0 bridgehead atoms. The number of rotatable bonds is 3. The molecular formula is C10H14O3. The van der Waals surface area contributed by atoms with Gasteiger partial charge >= 0.3 is 5.97 Å². The average molecular weight is 182 g/mol. The van der Waals surface area contributed by atoms with Gasteiger partial charge in [-0.25, -0.2) is 0 Å². The minimum Gasteiger partial charge on any atom is -0.459 e. The topological polar surface area (TPSA) is 46.5 Å². The molecule has 13 heavy (non-hydrogen) atoms. The van der Waals surface area contributed by atoms with Crippen molar-refractivity contribution in [2.75, 3.05) is 0 Å². The van der Waals surface area contributed by atoms with E-state index in [0.29, 0.717) is 12.8 Å². The van der Waals surface area contributed by atoms with Gasteiger partial charge in [0.2, 0.25) is 0 Å². The van der Waals surface area contributed by atoms with Gasteiger partial charge in [0, 0.05) is 6.42 Å². The molecule has 0 aromatic carbocycles. The van der Waals surface area contributed by atoms with E-state index in [2.05, 4.69) is 0 Å². The van der Waals surface area contributed by atoms with Crippen LogP contribution in [0.25, 0.3) is 0 Å². The summed E-state index contributed by atoms with van der Waals surface area (Å²) in [4.78, 5) is 10.7. The first-order chi connectivity index (χ1) is 6.24. The smallest absolute Gasteiger partial charge is 0.306 e. The van der Waals surface area contributed by atoms with Crippen LogP contribution < -0.4 is 0 Å². The van der Waals surface area contributed by atoms with Gasteiger partial charge in [0.1, 0.15) is 12.2 Å². The first kappa shape index (κ1) is 9.99. The number of aliphatic hydroxyl groups excluding tert-OH is 1. The monoisotopic (exact) mass is 182 g/mol. The van der Waals surface area contributed by atoms with Crippen molar-refractivity contribution in [1.82, 2.24) is 0 Å². The number of allylic oxidation sites excluding steroid dienone is 3. The molecule has 0 radical (unpaired) electrons. The molecule has 0 unspecified atom stereocenters. The number of aliphatic hydroxyl groups is 1. The van der Waals surface area contributed by atoms with Gasteiger partial charge in [0.05, 0.1) is 0 Å². The lowest BCUT2D eigenvalue weighted by Crippen LogP contribution is -2.23. The normalized spacial score (nSPS) is 25.7. The molecule has 3 heteroatoms. The number of hydrogen-bond acceptors (Lipinski definition) is 3. The second-order valence-corrected chi connectivity index (χ2v) is 2.97. The lowest BCUT2D eigenvalue weighted by Gasteiger charge is -2.12. The van der Waals surface area contributed by atoms with Crippen molar-refractivity contribution in [3.63, 3.8) is 0 Å². The molecule has 1 heterocycles. The highest BCUT2D eigenvalue weighted by Gasteiger charge is 2.27. The van der Waals surface area contributed by atoms with E-state index in [1.165, 1.54) is 0 Å². The number of hydrogen-bond donors (Lipinski definition) is 1. The van der Waals surface area contributed by atoms with Gasteiger partial charge in [-0.1, -0.05) is 24.3 Å². The molecule has 1 rings (SSSR count). The molecule has 3 nitrogen and oxygen atoms in total. The van der Waals surface area contributed by atoms with Gasteiger partial charge in [0.25, 0.3) is 0 Å². The van der Waals surface area contributed by atoms with Crippen LogP contribution in [-0.4, -0.2) is 23.3 Å². The average Bonchev–Trinajstić information content (AvgIpc) is 2.52. The summed E-state index contributed by atoms with van der Waals surface area (Å²) in [7, 11) is 0. The van der Waals surface area contributed by atoms with Gasteiger partial charge in [-0.05, 0) is 13.3 Å². The summed E-state index contributed by atoms with van der Waals surface area (Å²) in [6.45, 7) is 1.90. The molecule has 0 amide bonds. The third kappa shape index (κ3) is 3.03. The van der Waals surface area contributed by atoms with Gasteiger partial charge in [-0.2, -0.15) is 0 Å². The fourth-order valence-corrected chi connectivity index (χ4v) is 1.20. The highest BCUT2D eigenvalue weighted by molar-refractivity contribution is 5.71. The SMILES string of the molecule is C/C=C/C=C/[C@H](O)[C@H]1CCC(=O)O1. The summed E-state index contributed by atoms with van der Waals surface area (Å²) in [6, 6.07) is 0. The number of cyclic esters (lactones) is 1. The first-order valence-corrected chi connectivity index (χ1v) is 4.41. The number of esters is 1. The molecule has 1 fully saturated rings. The third-order valence-corrected chi connectivity index (χ3v) is 1.91. The van der Waals surface area contributed by atoms with Crippen LogP contribution in [0.2, 0.25) is 0 Å². The molecule has 0 aromatic rings. The Balaban J connectivity index is 2.39. The molecule has 0 aliphatic carbocycles. The van der Waals surface area contributed by atoms with Crippen molar-refractivity contribution in [2.45, 2.75) is 32.0 Å². The Labute approximate surface area is 77.7 Å². The maximum atomic E-state index is 10.7. The lowest BCUT2D eigenvalue weighted by atomic mass is 10.1. The van der Waals surface area contributed by atoms with E-state index in [1.54, 1.807) is 12.2 Å². The van der Waals surface area contributed by atoms with Gasteiger partial charge in [0.15, 0.2) is 0 Å². The molecule has 1 aliphatic rings. The maximum absolute atomic E-state index is 10.7. The molecule has 0 saturated carbocycles. The summed E-state index contributed by atoms with van der Waals surface area (Å²) >= 11 is 0. The molecule has 1 saturated heterocycles. The van der Waals surface area contributed by atoms with Crippen molar-refractivity contribution in [3.8, 4) is 0 Å². The molecule has 1 N–H and O–H groups in total. The zero-order chi connectivity index (χ0) is 9.68. The maximum Gasteiger partial charge on any atom is 0.306 e.